The minimum atomic E-state index is 0.674. The Morgan fingerprint density at radius 1 is 0.548 bits per heavy atom. The van der Waals surface area contributed by atoms with Crippen molar-refractivity contribution in [2.45, 2.75) is 57.8 Å². The molecule has 0 aliphatic rings. The van der Waals surface area contributed by atoms with Crippen LogP contribution in [0.1, 0.15) is 67.6 Å². The van der Waals surface area contributed by atoms with Gasteiger partial charge in [-0.15, -0.1) is 0 Å². The number of hydrogen-bond acceptors (Lipinski definition) is 4. The summed E-state index contributed by atoms with van der Waals surface area (Å²) >= 11 is 0. The van der Waals surface area contributed by atoms with Gasteiger partial charge in [0.2, 0.25) is 0 Å². The Labute approximate surface area is 182 Å². The predicted molar refractivity (Wildman–Crippen MR) is 122 cm³/mol. The number of aryl methyl sites for hydroxylation is 2. The first-order valence-electron chi connectivity index (χ1n) is 11.1. The summed E-state index contributed by atoms with van der Waals surface area (Å²) in [6.45, 7) is 0. The standard InChI is InChI=1S/C27H26N2O2/c28-18-20-10-12-26-22(14-20)16-24(30-26)8-6-4-2-1-3-5-7-9-25-17-23-15-21(19-29)11-13-27(23)31-25/h10-17H,1-9H2. The minimum Gasteiger partial charge on any atom is -0.461 e. The van der Waals surface area contributed by atoms with Crippen molar-refractivity contribution < 1.29 is 8.83 Å². The van der Waals surface area contributed by atoms with Crippen LogP contribution in [0.25, 0.3) is 21.9 Å². The quantitative estimate of drug-likeness (QED) is 0.255. The van der Waals surface area contributed by atoms with Gasteiger partial charge in [-0.25, -0.2) is 0 Å². The molecule has 4 nitrogen and oxygen atoms in total. The summed E-state index contributed by atoms with van der Waals surface area (Å²) in [6.07, 6.45) is 10.4. The van der Waals surface area contributed by atoms with Crippen LogP contribution in [0.15, 0.2) is 57.4 Å². The summed E-state index contributed by atoms with van der Waals surface area (Å²) in [6, 6.07) is 19.6. The Bertz CT molecular complexity index is 1150. The third kappa shape index (κ3) is 5.36. The maximum Gasteiger partial charge on any atom is 0.134 e. The number of rotatable bonds is 10. The van der Waals surface area contributed by atoms with E-state index in [2.05, 4.69) is 24.3 Å². The zero-order valence-corrected chi connectivity index (χ0v) is 17.7. The summed E-state index contributed by atoms with van der Waals surface area (Å²) in [5, 5.41) is 20.0. The minimum absolute atomic E-state index is 0.674. The molecule has 2 aromatic heterocycles. The highest BCUT2D eigenvalue weighted by Crippen LogP contribution is 2.23. The number of fused-ring (bicyclic) bond motifs is 2. The molecular formula is C27H26N2O2. The van der Waals surface area contributed by atoms with Crippen molar-refractivity contribution in [1.82, 2.24) is 0 Å². The van der Waals surface area contributed by atoms with Crippen molar-refractivity contribution in [3.05, 3.63) is 71.2 Å². The van der Waals surface area contributed by atoms with Crippen molar-refractivity contribution >= 4 is 21.9 Å². The summed E-state index contributed by atoms with van der Waals surface area (Å²) in [5.74, 6) is 2.02. The SMILES string of the molecule is N#Cc1ccc2oc(CCCCCCCCCc3cc4cc(C#N)ccc4o3)cc2c1. The molecule has 31 heavy (non-hydrogen) atoms. The molecule has 0 saturated carbocycles. The third-order valence-electron chi connectivity index (χ3n) is 5.74. The van der Waals surface area contributed by atoms with Crippen LogP contribution in [0, 0.1) is 22.7 Å². The molecule has 0 unspecified atom stereocenters. The van der Waals surface area contributed by atoms with Gasteiger partial charge in [0.1, 0.15) is 22.7 Å². The van der Waals surface area contributed by atoms with E-state index in [4.69, 9.17) is 19.4 Å². The molecule has 0 bridgehead atoms. The van der Waals surface area contributed by atoms with Crippen LogP contribution in [0.4, 0.5) is 0 Å². The molecule has 4 aromatic rings. The molecular weight excluding hydrogens is 384 g/mol. The topological polar surface area (TPSA) is 73.9 Å². The van der Waals surface area contributed by atoms with Gasteiger partial charge >= 0.3 is 0 Å². The molecule has 0 amide bonds. The van der Waals surface area contributed by atoms with Gasteiger partial charge in [0, 0.05) is 23.6 Å². The molecule has 0 fully saturated rings. The first-order chi connectivity index (χ1) is 15.2. The zero-order valence-electron chi connectivity index (χ0n) is 17.7. The monoisotopic (exact) mass is 410 g/mol. The normalized spacial score (nSPS) is 11.0. The molecule has 0 atom stereocenters. The molecule has 0 spiro atoms. The van der Waals surface area contributed by atoms with Gasteiger partial charge in [-0.3, -0.25) is 0 Å². The highest BCUT2D eigenvalue weighted by atomic mass is 16.3. The van der Waals surface area contributed by atoms with Gasteiger partial charge in [0.05, 0.1) is 23.3 Å². The van der Waals surface area contributed by atoms with Gasteiger partial charge in [-0.1, -0.05) is 32.1 Å². The molecule has 0 N–H and O–H groups in total. The van der Waals surface area contributed by atoms with Crippen LogP contribution in [-0.4, -0.2) is 0 Å². The van der Waals surface area contributed by atoms with Crippen LogP contribution in [0.2, 0.25) is 0 Å². The molecule has 2 aromatic carbocycles. The van der Waals surface area contributed by atoms with Gasteiger partial charge in [-0.2, -0.15) is 10.5 Å². The maximum atomic E-state index is 8.99. The summed E-state index contributed by atoms with van der Waals surface area (Å²) in [4.78, 5) is 0. The van der Waals surface area contributed by atoms with E-state index >= 15 is 0 Å². The summed E-state index contributed by atoms with van der Waals surface area (Å²) in [5.41, 5.74) is 3.08. The largest absolute Gasteiger partial charge is 0.461 e. The number of nitriles is 2. The van der Waals surface area contributed by atoms with Crippen LogP contribution in [0.5, 0.6) is 0 Å². The Kier molecular flexibility index (Phi) is 6.70. The molecule has 2 heterocycles. The van der Waals surface area contributed by atoms with E-state index in [9.17, 15) is 0 Å². The van der Waals surface area contributed by atoms with Gasteiger partial charge in [0.15, 0.2) is 0 Å². The lowest BCUT2D eigenvalue weighted by Crippen LogP contribution is -1.86. The average Bonchev–Trinajstić information content (AvgIpc) is 3.39. The molecule has 4 rings (SSSR count). The van der Waals surface area contributed by atoms with E-state index < -0.39 is 0 Å². The average molecular weight is 411 g/mol. The lowest BCUT2D eigenvalue weighted by atomic mass is 10.1. The van der Waals surface area contributed by atoms with Gasteiger partial charge in [-0.05, 0) is 61.4 Å². The number of hydrogen-bond donors (Lipinski definition) is 0. The number of furan rings is 2. The molecule has 0 aliphatic heterocycles. The van der Waals surface area contributed by atoms with Crippen molar-refractivity contribution in [3.8, 4) is 12.1 Å². The number of nitrogens with zero attached hydrogens (tertiary/aromatic N) is 2. The van der Waals surface area contributed by atoms with Crippen LogP contribution >= 0.6 is 0 Å². The van der Waals surface area contributed by atoms with E-state index in [1.807, 2.05) is 24.3 Å². The van der Waals surface area contributed by atoms with E-state index in [0.29, 0.717) is 11.1 Å². The molecule has 156 valence electrons. The second-order valence-electron chi connectivity index (χ2n) is 8.13. The Balaban J connectivity index is 1.09. The Morgan fingerprint density at radius 2 is 0.968 bits per heavy atom. The van der Waals surface area contributed by atoms with E-state index in [1.165, 1.54) is 32.1 Å². The van der Waals surface area contributed by atoms with Crippen LogP contribution in [0.3, 0.4) is 0 Å². The predicted octanol–water partition coefficient (Wildman–Crippen LogP) is 7.44. The fraction of sp³-hybridized carbons (Fsp3) is 0.333. The molecule has 0 saturated heterocycles. The second-order valence-corrected chi connectivity index (χ2v) is 8.13. The first-order valence-corrected chi connectivity index (χ1v) is 11.1. The first kappa shape index (κ1) is 20.8. The van der Waals surface area contributed by atoms with E-state index in [-0.39, 0.29) is 0 Å². The Morgan fingerprint density at radius 3 is 1.39 bits per heavy atom. The van der Waals surface area contributed by atoms with Crippen LogP contribution < -0.4 is 0 Å². The van der Waals surface area contributed by atoms with Crippen molar-refractivity contribution in [1.29, 1.82) is 10.5 Å². The van der Waals surface area contributed by atoms with Crippen LogP contribution in [-0.2, 0) is 12.8 Å². The fourth-order valence-electron chi connectivity index (χ4n) is 4.06. The second kappa shape index (κ2) is 10.0. The van der Waals surface area contributed by atoms with Crippen molar-refractivity contribution in [2.24, 2.45) is 0 Å². The third-order valence-corrected chi connectivity index (χ3v) is 5.74. The van der Waals surface area contributed by atoms with E-state index in [1.54, 1.807) is 12.1 Å². The lowest BCUT2D eigenvalue weighted by molar-refractivity contribution is 0.508. The van der Waals surface area contributed by atoms with Gasteiger partial charge < -0.3 is 8.83 Å². The van der Waals surface area contributed by atoms with Crippen molar-refractivity contribution in [3.63, 3.8) is 0 Å². The molecule has 0 aliphatic carbocycles. The molecule has 4 heteroatoms. The van der Waals surface area contributed by atoms with Gasteiger partial charge in [0.25, 0.3) is 0 Å². The summed E-state index contributed by atoms with van der Waals surface area (Å²) < 4.78 is 11.7. The van der Waals surface area contributed by atoms with Crippen molar-refractivity contribution in [2.75, 3.05) is 0 Å². The maximum absolute atomic E-state index is 8.99. The lowest BCUT2D eigenvalue weighted by Gasteiger charge is -2.01. The van der Waals surface area contributed by atoms with E-state index in [0.717, 1.165) is 59.1 Å². The Hall–Kier alpha value is -3.50. The summed E-state index contributed by atoms with van der Waals surface area (Å²) in [7, 11) is 0. The smallest absolute Gasteiger partial charge is 0.134 e. The molecule has 0 radical (unpaired) electrons. The highest BCUT2D eigenvalue weighted by Gasteiger charge is 2.06. The fourth-order valence-corrected chi connectivity index (χ4v) is 4.06. The number of benzene rings is 2. The zero-order chi connectivity index (χ0) is 21.5. The number of unbranched alkanes of at least 4 members (excludes halogenated alkanes) is 6. The highest BCUT2D eigenvalue weighted by molar-refractivity contribution is 5.80.